The molecule has 0 aliphatic heterocycles. The van der Waals surface area contributed by atoms with Gasteiger partial charge in [0.1, 0.15) is 5.75 Å². The summed E-state index contributed by atoms with van der Waals surface area (Å²) < 4.78 is 6.76. The molecule has 0 saturated heterocycles. The molecule has 4 heteroatoms. The molecule has 0 aliphatic carbocycles. The maximum absolute atomic E-state index is 5.86. The number of pyridine rings is 1. The van der Waals surface area contributed by atoms with Crippen LogP contribution < -0.4 is 10.5 Å². The van der Waals surface area contributed by atoms with Crippen LogP contribution in [0.15, 0.2) is 34.9 Å². The maximum Gasteiger partial charge on any atom is 0.223 e. The van der Waals surface area contributed by atoms with Crippen LogP contribution in [-0.2, 0) is 6.54 Å². The first-order chi connectivity index (χ1) is 9.51. The summed E-state index contributed by atoms with van der Waals surface area (Å²) in [6, 6.07) is 8.06. The van der Waals surface area contributed by atoms with Gasteiger partial charge in [-0.15, -0.1) is 0 Å². The highest BCUT2D eigenvalue weighted by atomic mass is 79.9. The molecule has 0 atom stereocenters. The molecule has 0 radical (unpaired) electrons. The topological polar surface area (TPSA) is 48.1 Å². The number of benzene rings is 1. The Kier molecular flexibility index (Phi) is 4.78. The number of ether oxygens (including phenoxy) is 1. The second-order valence-electron chi connectivity index (χ2n) is 5.10. The summed E-state index contributed by atoms with van der Waals surface area (Å²) in [6.07, 6.45) is 1.71. The second-order valence-corrected chi connectivity index (χ2v) is 6.01. The van der Waals surface area contributed by atoms with Crippen molar-refractivity contribution in [1.82, 2.24) is 4.98 Å². The van der Waals surface area contributed by atoms with E-state index in [2.05, 4.69) is 47.8 Å². The Hall–Kier alpha value is -1.39. The van der Waals surface area contributed by atoms with Gasteiger partial charge in [-0.05, 0) is 58.1 Å². The fourth-order valence-electron chi connectivity index (χ4n) is 2.18. The van der Waals surface area contributed by atoms with Gasteiger partial charge in [-0.25, -0.2) is 4.98 Å². The Morgan fingerprint density at radius 2 is 2.05 bits per heavy atom. The van der Waals surface area contributed by atoms with Gasteiger partial charge in [0.15, 0.2) is 0 Å². The average molecular weight is 335 g/mol. The molecule has 1 aromatic carbocycles. The van der Waals surface area contributed by atoms with E-state index < -0.39 is 0 Å². The van der Waals surface area contributed by atoms with Gasteiger partial charge in [-0.2, -0.15) is 0 Å². The highest BCUT2D eigenvalue weighted by molar-refractivity contribution is 9.10. The minimum absolute atomic E-state index is 0.394. The smallest absolute Gasteiger partial charge is 0.223 e. The predicted octanol–water partition coefficient (Wildman–Crippen LogP) is 4.53. The Morgan fingerprint density at radius 1 is 1.30 bits per heavy atom. The Balaban J connectivity index is 2.28. The molecule has 0 unspecified atom stereocenters. The lowest BCUT2D eigenvalue weighted by atomic mass is 9.98. The summed E-state index contributed by atoms with van der Waals surface area (Å²) in [7, 11) is 0. The summed E-state index contributed by atoms with van der Waals surface area (Å²) in [5.74, 6) is 1.86. The monoisotopic (exact) mass is 334 g/mol. The molecule has 2 rings (SSSR count). The molecule has 0 spiro atoms. The first-order valence-corrected chi connectivity index (χ1v) is 7.43. The van der Waals surface area contributed by atoms with Crippen LogP contribution in [0.5, 0.6) is 11.6 Å². The SMILES string of the molecule is Cc1cc(Oc2ncc(Br)cc2CN)ccc1C(C)C. The normalized spacial score (nSPS) is 10.9. The molecule has 0 amide bonds. The Bertz CT molecular complexity index is 611. The van der Waals surface area contributed by atoms with E-state index in [-0.39, 0.29) is 0 Å². The van der Waals surface area contributed by atoms with Crippen LogP contribution in [-0.4, -0.2) is 4.98 Å². The van der Waals surface area contributed by atoms with Crippen molar-refractivity contribution in [2.24, 2.45) is 5.73 Å². The van der Waals surface area contributed by atoms with Crippen molar-refractivity contribution < 1.29 is 4.74 Å². The van der Waals surface area contributed by atoms with Crippen molar-refractivity contribution >= 4 is 15.9 Å². The molecule has 2 aromatic rings. The third-order valence-corrected chi connectivity index (χ3v) is 3.62. The van der Waals surface area contributed by atoms with Gasteiger partial charge in [0.25, 0.3) is 0 Å². The molecule has 20 heavy (non-hydrogen) atoms. The predicted molar refractivity (Wildman–Crippen MR) is 85.2 cm³/mol. The zero-order valence-corrected chi connectivity index (χ0v) is 13.6. The number of aryl methyl sites for hydroxylation is 1. The summed E-state index contributed by atoms with van der Waals surface area (Å²) in [5, 5.41) is 0. The number of halogens is 1. The molecule has 1 heterocycles. The highest BCUT2D eigenvalue weighted by Gasteiger charge is 2.09. The van der Waals surface area contributed by atoms with Crippen LogP contribution in [0.1, 0.15) is 36.5 Å². The summed E-state index contributed by atoms with van der Waals surface area (Å²) in [5.41, 5.74) is 9.17. The molecule has 0 saturated carbocycles. The zero-order valence-electron chi connectivity index (χ0n) is 12.0. The Morgan fingerprint density at radius 3 is 2.65 bits per heavy atom. The minimum atomic E-state index is 0.394. The number of hydrogen-bond donors (Lipinski definition) is 1. The van der Waals surface area contributed by atoms with Gasteiger partial charge >= 0.3 is 0 Å². The van der Waals surface area contributed by atoms with Crippen molar-refractivity contribution in [1.29, 1.82) is 0 Å². The first-order valence-electron chi connectivity index (χ1n) is 6.64. The van der Waals surface area contributed by atoms with Crippen molar-refractivity contribution in [2.75, 3.05) is 0 Å². The van der Waals surface area contributed by atoms with Crippen LogP contribution >= 0.6 is 15.9 Å². The molecule has 2 N–H and O–H groups in total. The standard InChI is InChI=1S/C16H19BrN2O/c1-10(2)15-5-4-14(6-11(15)3)20-16-12(8-18)7-13(17)9-19-16/h4-7,9-10H,8,18H2,1-3H3. The fourth-order valence-corrected chi connectivity index (χ4v) is 2.56. The van der Waals surface area contributed by atoms with Gasteiger partial charge in [-0.1, -0.05) is 19.9 Å². The van der Waals surface area contributed by atoms with Gasteiger partial charge < -0.3 is 10.5 Å². The number of aromatic nitrogens is 1. The lowest BCUT2D eigenvalue weighted by Gasteiger charge is -2.13. The molecule has 3 nitrogen and oxygen atoms in total. The molecule has 0 bridgehead atoms. The zero-order chi connectivity index (χ0) is 14.7. The highest BCUT2D eigenvalue weighted by Crippen LogP contribution is 2.28. The van der Waals surface area contributed by atoms with E-state index >= 15 is 0 Å². The van der Waals surface area contributed by atoms with E-state index in [1.54, 1.807) is 6.20 Å². The van der Waals surface area contributed by atoms with Crippen LogP contribution in [0.3, 0.4) is 0 Å². The van der Waals surface area contributed by atoms with Crippen LogP contribution in [0.25, 0.3) is 0 Å². The maximum atomic E-state index is 5.86. The van der Waals surface area contributed by atoms with E-state index in [1.165, 1.54) is 11.1 Å². The van der Waals surface area contributed by atoms with Gasteiger partial charge in [-0.3, -0.25) is 0 Å². The lowest BCUT2D eigenvalue weighted by Crippen LogP contribution is -2.01. The lowest BCUT2D eigenvalue weighted by molar-refractivity contribution is 0.455. The van der Waals surface area contributed by atoms with E-state index in [9.17, 15) is 0 Å². The Labute approximate surface area is 128 Å². The largest absolute Gasteiger partial charge is 0.439 e. The van der Waals surface area contributed by atoms with Crippen molar-refractivity contribution in [3.8, 4) is 11.6 Å². The number of hydrogen-bond acceptors (Lipinski definition) is 3. The third-order valence-electron chi connectivity index (χ3n) is 3.19. The molecule has 0 aliphatic rings. The fraction of sp³-hybridized carbons (Fsp3) is 0.312. The minimum Gasteiger partial charge on any atom is -0.439 e. The average Bonchev–Trinajstić information content (AvgIpc) is 2.40. The molecular formula is C16H19BrN2O. The van der Waals surface area contributed by atoms with E-state index in [1.807, 2.05) is 18.2 Å². The second kappa shape index (κ2) is 6.37. The number of nitrogens with two attached hydrogens (primary N) is 1. The summed E-state index contributed by atoms with van der Waals surface area (Å²) in [6.45, 7) is 6.86. The first kappa shape index (κ1) is 15.0. The summed E-state index contributed by atoms with van der Waals surface area (Å²) >= 11 is 3.39. The van der Waals surface area contributed by atoms with Crippen molar-refractivity contribution in [2.45, 2.75) is 33.2 Å². The van der Waals surface area contributed by atoms with Crippen molar-refractivity contribution in [3.63, 3.8) is 0 Å². The number of nitrogens with zero attached hydrogens (tertiary/aromatic N) is 1. The molecule has 1 aromatic heterocycles. The van der Waals surface area contributed by atoms with Crippen LogP contribution in [0.4, 0.5) is 0 Å². The molecule has 106 valence electrons. The van der Waals surface area contributed by atoms with E-state index in [4.69, 9.17) is 10.5 Å². The van der Waals surface area contributed by atoms with Crippen LogP contribution in [0, 0.1) is 6.92 Å². The third kappa shape index (κ3) is 3.38. The molecular weight excluding hydrogens is 316 g/mol. The van der Waals surface area contributed by atoms with Gasteiger partial charge in [0, 0.05) is 22.8 Å². The van der Waals surface area contributed by atoms with Gasteiger partial charge in [0.05, 0.1) is 0 Å². The van der Waals surface area contributed by atoms with E-state index in [0.717, 1.165) is 15.8 Å². The number of rotatable bonds is 4. The van der Waals surface area contributed by atoms with E-state index in [0.29, 0.717) is 18.3 Å². The van der Waals surface area contributed by atoms with Crippen molar-refractivity contribution in [3.05, 3.63) is 51.6 Å². The quantitative estimate of drug-likeness (QED) is 0.893. The molecule has 0 fully saturated rings. The van der Waals surface area contributed by atoms with Gasteiger partial charge in [0.2, 0.25) is 5.88 Å². The summed E-state index contributed by atoms with van der Waals surface area (Å²) in [4.78, 5) is 4.28. The van der Waals surface area contributed by atoms with Crippen LogP contribution in [0.2, 0.25) is 0 Å².